The van der Waals surface area contributed by atoms with Crippen LogP contribution in [0.1, 0.15) is 26.7 Å². The number of benzene rings is 1. The van der Waals surface area contributed by atoms with E-state index >= 15 is 0 Å². The molecule has 0 aromatic heterocycles. The number of carbonyl (C=O) groups excluding carboxylic acids is 1. The maximum absolute atomic E-state index is 12.2. The zero-order valence-corrected chi connectivity index (χ0v) is 12.8. The molecule has 0 unspecified atom stereocenters. The van der Waals surface area contributed by atoms with Crippen molar-refractivity contribution in [2.75, 3.05) is 12.4 Å². The second-order valence-electron chi connectivity index (χ2n) is 4.52. The molecule has 1 aromatic carbocycles. The average Bonchev–Trinajstić information content (AvgIpc) is 2.46. The van der Waals surface area contributed by atoms with Gasteiger partial charge in [0, 0.05) is 0 Å². The fourth-order valence-electron chi connectivity index (χ4n) is 1.73. The van der Waals surface area contributed by atoms with Gasteiger partial charge in [0.05, 0.1) is 11.2 Å². The van der Waals surface area contributed by atoms with Gasteiger partial charge >= 0.3 is 0 Å². The van der Waals surface area contributed by atoms with Crippen LogP contribution in [-0.2, 0) is 14.8 Å². The highest BCUT2D eigenvalue weighted by Crippen LogP contribution is 2.22. The summed E-state index contributed by atoms with van der Waals surface area (Å²) in [6.45, 7) is 3.64. The molecule has 0 saturated heterocycles. The summed E-state index contributed by atoms with van der Waals surface area (Å²) in [5.41, 5.74) is 5.22. The first-order chi connectivity index (χ1) is 9.30. The number of sulfonamides is 1. The normalized spacial score (nSPS) is 12.2. The van der Waals surface area contributed by atoms with E-state index in [9.17, 15) is 13.2 Å². The third kappa shape index (κ3) is 3.36. The second kappa shape index (κ2) is 6.34. The molecule has 0 atom stereocenters. The highest BCUT2D eigenvalue weighted by Gasteiger charge is 2.31. The number of nitrogens with two attached hydrogens (primary N) is 1. The fourth-order valence-corrected chi connectivity index (χ4v) is 2.62. The number of rotatable bonds is 6. The van der Waals surface area contributed by atoms with Gasteiger partial charge in [-0.2, -0.15) is 0 Å². The third-order valence-corrected chi connectivity index (χ3v) is 4.88. The lowest BCUT2D eigenvalue weighted by atomic mass is 9.93. The number of hydrogen-bond acceptors (Lipinski definition) is 4. The molecule has 0 aliphatic rings. The molecule has 1 rings (SSSR count). The summed E-state index contributed by atoms with van der Waals surface area (Å²) in [4.78, 5) is 12.2. The lowest BCUT2D eigenvalue weighted by molar-refractivity contribution is -0.121. The molecule has 0 spiro atoms. The number of anilines is 1. The van der Waals surface area contributed by atoms with Gasteiger partial charge in [-0.25, -0.2) is 13.1 Å². The standard InChI is InChI=1S/C13H21N3O3S/c1-4-13(14,5-2)12(17)16-10-8-6-7-9-11(10)20(18,19)15-3/h6-9,15H,4-5,14H2,1-3H3,(H,16,17). The number of hydrogen-bond donors (Lipinski definition) is 3. The van der Waals surface area contributed by atoms with Crippen LogP contribution >= 0.6 is 0 Å². The van der Waals surface area contributed by atoms with Gasteiger partial charge in [-0.3, -0.25) is 4.79 Å². The Morgan fingerprint density at radius 2 is 1.80 bits per heavy atom. The highest BCUT2D eigenvalue weighted by molar-refractivity contribution is 7.89. The molecule has 0 aliphatic heterocycles. The van der Waals surface area contributed by atoms with Crippen LogP contribution in [0.2, 0.25) is 0 Å². The van der Waals surface area contributed by atoms with Crippen LogP contribution in [0.15, 0.2) is 29.2 Å². The Bertz CT molecular complexity index is 580. The van der Waals surface area contributed by atoms with Crippen LogP contribution < -0.4 is 15.8 Å². The topological polar surface area (TPSA) is 101 Å². The van der Waals surface area contributed by atoms with Crippen molar-refractivity contribution in [3.8, 4) is 0 Å². The van der Waals surface area contributed by atoms with Crippen molar-refractivity contribution in [2.45, 2.75) is 37.1 Å². The van der Waals surface area contributed by atoms with Crippen LogP contribution in [0.4, 0.5) is 5.69 Å². The zero-order valence-electron chi connectivity index (χ0n) is 11.9. The van der Waals surface area contributed by atoms with Crippen molar-refractivity contribution in [3.63, 3.8) is 0 Å². The van der Waals surface area contributed by atoms with Crippen molar-refractivity contribution in [1.82, 2.24) is 4.72 Å². The average molecular weight is 299 g/mol. The van der Waals surface area contributed by atoms with Crippen LogP contribution in [0.5, 0.6) is 0 Å². The maximum atomic E-state index is 12.2. The van der Waals surface area contributed by atoms with Crippen LogP contribution in [0, 0.1) is 0 Å². The summed E-state index contributed by atoms with van der Waals surface area (Å²) in [5.74, 6) is -0.388. The van der Waals surface area contributed by atoms with Gasteiger partial charge in [-0.15, -0.1) is 0 Å². The van der Waals surface area contributed by atoms with E-state index in [1.54, 1.807) is 12.1 Å². The molecule has 6 nitrogen and oxygen atoms in total. The molecule has 1 aromatic rings. The Balaban J connectivity index is 3.15. The minimum atomic E-state index is -3.64. The third-order valence-electron chi connectivity index (χ3n) is 3.41. The molecular weight excluding hydrogens is 278 g/mol. The van der Waals surface area contributed by atoms with E-state index < -0.39 is 15.6 Å². The number of carbonyl (C=O) groups is 1. The Labute approximate surface area is 119 Å². The van der Waals surface area contributed by atoms with Crippen molar-refractivity contribution in [1.29, 1.82) is 0 Å². The van der Waals surface area contributed by atoms with Gasteiger partial charge in [-0.05, 0) is 32.0 Å². The summed E-state index contributed by atoms with van der Waals surface area (Å²) in [7, 11) is -2.32. The number of para-hydroxylation sites is 1. The first-order valence-corrected chi connectivity index (χ1v) is 7.92. The molecule has 0 fully saturated rings. The fraction of sp³-hybridized carbons (Fsp3) is 0.462. The van der Waals surface area contributed by atoms with Gasteiger partial charge in [0.25, 0.3) is 0 Å². The molecule has 0 heterocycles. The molecule has 0 radical (unpaired) electrons. The molecule has 7 heteroatoms. The molecule has 1 amide bonds. The van der Waals surface area contributed by atoms with Gasteiger partial charge in [0.15, 0.2) is 0 Å². The van der Waals surface area contributed by atoms with Gasteiger partial charge in [-0.1, -0.05) is 26.0 Å². The minimum Gasteiger partial charge on any atom is -0.323 e. The van der Waals surface area contributed by atoms with Crippen molar-refractivity contribution in [2.24, 2.45) is 5.73 Å². The lowest BCUT2D eigenvalue weighted by Crippen LogP contribution is -2.50. The summed E-state index contributed by atoms with van der Waals surface area (Å²) in [6.07, 6.45) is 0.937. The van der Waals surface area contributed by atoms with Crippen molar-refractivity contribution < 1.29 is 13.2 Å². The first-order valence-electron chi connectivity index (χ1n) is 6.43. The minimum absolute atomic E-state index is 0.0189. The summed E-state index contributed by atoms with van der Waals surface area (Å²) in [6, 6.07) is 6.21. The summed E-state index contributed by atoms with van der Waals surface area (Å²) in [5, 5.41) is 2.61. The SMILES string of the molecule is CCC(N)(CC)C(=O)Nc1ccccc1S(=O)(=O)NC. The predicted molar refractivity (Wildman–Crippen MR) is 78.8 cm³/mol. The number of amides is 1. The molecule has 4 N–H and O–H groups in total. The number of nitrogens with one attached hydrogen (secondary N) is 2. The van der Waals surface area contributed by atoms with Gasteiger partial charge < -0.3 is 11.1 Å². The summed E-state index contributed by atoms with van der Waals surface area (Å²) >= 11 is 0. The van der Waals surface area contributed by atoms with Crippen LogP contribution in [0.25, 0.3) is 0 Å². The maximum Gasteiger partial charge on any atom is 0.244 e. The molecule has 112 valence electrons. The Hall–Kier alpha value is -1.44. The lowest BCUT2D eigenvalue weighted by Gasteiger charge is -2.25. The molecule has 20 heavy (non-hydrogen) atoms. The quantitative estimate of drug-likeness (QED) is 0.730. The predicted octanol–water partition coefficient (Wildman–Crippen LogP) is 1.05. The molecule has 0 aliphatic carbocycles. The van der Waals surface area contributed by atoms with Crippen LogP contribution in [-0.4, -0.2) is 26.9 Å². The summed E-state index contributed by atoms with van der Waals surface area (Å²) < 4.78 is 26.0. The molecular formula is C13H21N3O3S. The monoisotopic (exact) mass is 299 g/mol. The van der Waals surface area contributed by atoms with E-state index in [1.807, 2.05) is 13.8 Å². The van der Waals surface area contributed by atoms with E-state index in [1.165, 1.54) is 19.2 Å². The largest absolute Gasteiger partial charge is 0.323 e. The molecule has 0 bridgehead atoms. The Morgan fingerprint density at radius 3 is 2.30 bits per heavy atom. The Morgan fingerprint density at radius 1 is 1.25 bits per heavy atom. The van der Waals surface area contributed by atoms with Gasteiger partial charge in [0.2, 0.25) is 15.9 Å². The van der Waals surface area contributed by atoms with Crippen molar-refractivity contribution >= 4 is 21.6 Å². The Kier molecular flexibility index (Phi) is 5.27. The van der Waals surface area contributed by atoms with E-state index in [0.717, 1.165) is 0 Å². The van der Waals surface area contributed by atoms with E-state index in [0.29, 0.717) is 12.8 Å². The second-order valence-corrected chi connectivity index (χ2v) is 6.38. The van der Waals surface area contributed by atoms with Gasteiger partial charge in [0.1, 0.15) is 4.90 Å². The smallest absolute Gasteiger partial charge is 0.244 e. The first kappa shape index (κ1) is 16.6. The van der Waals surface area contributed by atoms with Crippen LogP contribution in [0.3, 0.4) is 0 Å². The van der Waals surface area contributed by atoms with E-state index in [4.69, 9.17) is 5.73 Å². The van der Waals surface area contributed by atoms with E-state index in [2.05, 4.69) is 10.0 Å². The highest BCUT2D eigenvalue weighted by atomic mass is 32.2. The van der Waals surface area contributed by atoms with Crippen molar-refractivity contribution in [3.05, 3.63) is 24.3 Å². The van der Waals surface area contributed by atoms with E-state index in [-0.39, 0.29) is 16.5 Å². The molecule has 0 saturated carbocycles. The zero-order chi connectivity index (χ0) is 15.4.